The van der Waals surface area contributed by atoms with E-state index in [0.29, 0.717) is 17.3 Å². The molecule has 0 atom stereocenters. The average Bonchev–Trinajstić information content (AvgIpc) is 3.42. The summed E-state index contributed by atoms with van der Waals surface area (Å²) in [6, 6.07) is 9.12. The zero-order valence-electron chi connectivity index (χ0n) is 15.7. The summed E-state index contributed by atoms with van der Waals surface area (Å²) in [7, 11) is 0. The van der Waals surface area contributed by atoms with E-state index < -0.39 is 11.7 Å². The van der Waals surface area contributed by atoms with Crippen molar-refractivity contribution in [3.63, 3.8) is 0 Å². The van der Waals surface area contributed by atoms with Crippen LogP contribution in [0.3, 0.4) is 0 Å². The van der Waals surface area contributed by atoms with Gasteiger partial charge in [0.05, 0.1) is 22.8 Å². The van der Waals surface area contributed by atoms with Crippen LogP contribution >= 0.6 is 11.6 Å². The van der Waals surface area contributed by atoms with Crippen molar-refractivity contribution in [3.05, 3.63) is 63.7 Å². The zero-order valence-corrected chi connectivity index (χ0v) is 16.5. The highest BCUT2D eigenvalue weighted by molar-refractivity contribution is 6.34. The van der Waals surface area contributed by atoms with Crippen molar-refractivity contribution >= 4 is 23.2 Å². The minimum absolute atomic E-state index is 0.162. The fourth-order valence-electron chi connectivity index (χ4n) is 3.22. The average molecular weight is 411 g/mol. The normalized spacial score (nSPS) is 14.4. The summed E-state index contributed by atoms with van der Waals surface area (Å²) >= 11 is 6.25. The van der Waals surface area contributed by atoms with Crippen molar-refractivity contribution in [2.24, 2.45) is 0 Å². The fourth-order valence-corrected chi connectivity index (χ4v) is 3.59. The van der Waals surface area contributed by atoms with Gasteiger partial charge in [-0.15, -0.1) is 0 Å². The van der Waals surface area contributed by atoms with E-state index in [1.54, 1.807) is 6.07 Å². The second-order valence-electron chi connectivity index (χ2n) is 7.32. The number of alkyl halides is 3. The van der Waals surface area contributed by atoms with Gasteiger partial charge in [-0.3, -0.25) is 9.69 Å². The topological polar surface area (TPSA) is 32.3 Å². The van der Waals surface area contributed by atoms with Gasteiger partial charge in [0.15, 0.2) is 0 Å². The molecule has 0 saturated heterocycles. The standard InChI is InChI=1S/C21H22ClF3N2O/c1-13-9-14(2)20(18(22)10-13)26-19(28)12-27(17-7-8-17)11-15-3-5-16(6-4-15)21(23,24)25/h3-6,9-10,17H,7-8,11-12H2,1-2H3,(H,26,28). The summed E-state index contributed by atoms with van der Waals surface area (Å²) < 4.78 is 38.1. The summed E-state index contributed by atoms with van der Waals surface area (Å²) in [5.41, 5.74) is 2.58. The van der Waals surface area contributed by atoms with Crippen LogP contribution in [0.25, 0.3) is 0 Å². The first-order valence-electron chi connectivity index (χ1n) is 9.10. The Hall–Kier alpha value is -2.05. The number of hydrogen-bond acceptors (Lipinski definition) is 2. The second-order valence-corrected chi connectivity index (χ2v) is 7.72. The first-order chi connectivity index (χ1) is 13.1. The van der Waals surface area contributed by atoms with Crippen molar-refractivity contribution in [2.45, 2.75) is 45.5 Å². The van der Waals surface area contributed by atoms with Gasteiger partial charge in [-0.25, -0.2) is 0 Å². The van der Waals surface area contributed by atoms with Crippen LogP contribution in [0.4, 0.5) is 18.9 Å². The maximum Gasteiger partial charge on any atom is 0.416 e. The quantitative estimate of drug-likeness (QED) is 0.674. The Morgan fingerprint density at radius 1 is 1.18 bits per heavy atom. The molecule has 1 saturated carbocycles. The molecular weight excluding hydrogens is 389 g/mol. The van der Waals surface area contributed by atoms with Gasteiger partial charge in [0.25, 0.3) is 0 Å². The third-order valence-electron chi connectivity index (χ3n) is 4.77. The largest absolute Gasteiger partial charge is 0.416 e. The molecule has 0 radical (unpaired) electrons. The van der Waals surface area contributed by atoms with Crippen LogP contribution in [0.5, 0.6) is 0 Å². The summed E-state index contributed by atoms with van der Waals surface area (Å²) in [6.07, 6.45) is -2.38. The lowest BCUT2D eigenvalue weighted by Crippen LogP contribution is -2.34. The van der Waals surface area contributed by atoms with E-state index in [2.05, 4.69) is 5.32 Å². The molecule has 1 N–H and O–H groups in total. The van der Waals surface area contributed by atoms with E-state index in [4.69, 9.17) is 11.6 Å². The highest BCUT2D eigenvalue weighted by atomic mass is 35.5. The van der Waals surface area contributed by atoms with Crippen molar-refractivity contribution in [2.75, 3.05) is 11.9 Å². The van der Waals surface area contributed by atoms with Crippen LogP contribution in [0.2, 0.25) is 5.02 Å². The predicted octanol–water partition coefficient (Wildman–Crippen LogP) is 5.58. The maximum atomic E-state index is 12.7. The molecule has 0 bridgehead atoms. The molecule has 1 aliphatic rings. The fraction of sp³-hybridized carbons (Fsp3) is 0.381. The number of aryl methyl sites for hydroxylation is 2. The molecule has 3 rings (SSSR count). The van der Waals surface area contributed by atoms with Crippen LogP contribution in [0, 0.1) is 13.8 Å². The van der Waals surface area contributed by atoms with E-state index in [1.807, 2.05) is 24.8 Å². The highest BCUT2D eigenvalue weighted by Gasteiger charge is 2.32. The van der Waals surface area contributed by atoms with Crippen molar-refractivity contribution in [3.8, 4) is 0 Å². The Bertz CT molecular complexity index is 838. The number of nitrogens with one attached hydrogen (secondary N) is 1. The molecule has 0 aliphatic heterocycles. The van der Waals surface area contributed by atoms with Crippen molar-refractivity contribution in [1.29, 1.82) is 0 Å². The van der Waals surface area contributed by atoms with E-state index >= 15 is 0 Å². The van der Waals surface area contributed by atoms with Gasteiger partial charge in [0.2, 0.25) is 5.91 Å². The van der Waals surface area contributed by atoms with Gasteiger partial charge < -0.3 is 5.32 Å². The second kappa shape index (κ2) is 8.13. The van der Waals surface area contributed by atoms with Gasteiger partial charge in [0.1, 0.15) is 0 Å². The molecule has 2 aromatic rings. The maximum absolute atomic E-state index is 12.7. The SMILES string of the molecule is Cc1cc(C)c(NC(=O)CN(Cc2ccc(C(F)(F)F)cc2)C2CC2)c(Cl)c1. The Balaban J connectivity index is 1.66. The molecule has 0 aromatic heterocycles. The third-order valence-corrected chi connectivity index (χ3v) is 5.07. The van der Waals surface area contributed by atoms with E-state index in [-0.39, 0.29) is 18.5 Å². The van der Waals surface area contributed by atoms with Crippen molar-refractivity contribution < 1.29 is 18.0 Å². The monoisotopic (exact) mass is 410 g/mol. The molecule has 0 heterocycles. The Morgan fingerprint density at radius 2 is 1.82 bits per heavy atom. The Kier molecular flexibility index (Phi) is 6.01. The molecule has 1 amide bonds. The minimum Gasteiger partial charge on any atom is -0.323 e. The van der Waals surface area contributed by atoms with Gasteiger partial charge in [-0.1, -0.05) is 29.8 Å². The molecule has 28 heavy (non-hydrogen) atoms. The summed E-state index contributed by atoms with van der Waals surface area (Å²) in [5, 5.41) is 3.36. The number of rotatable bonds is 6. The number of nitrogens with zero attached hydrogens (tertiary/aromatic N) is 1. The molecule has 3 nitrogen and oxygen atoms in total. The molecular formula is C21H22ClF3N2O. The summed E-state index contributed by atoms with van der Waals surface area (Å²) in [4.78, 5) is 14.6. The molecule has 2 aromatic carbocycles. The molecule has 0 unspecified atom stereocenters. The first-order valence-corrected chi connectivity index (χ1v) is 9.48. The van der Waals surface area contributed by atoms with Gasteiger partial charge in [-0.05, 0) is 61.6 Å². The van der Waals surface area contributed by atoms with Gasteiger partial charge in [0, 0.05) is 12.6 Å². The molecule has 150 valence electrons. The van der Waals surface area contributed by atoms with Crippen molar-refractivity contribution in [1.82, 2.24) is 4.90 Å². The molecule has 0 spiro atoms. The summed E-state index contributed by atoms with van der Waals surface area (Å²) in [5.74, 6) is -0.187. The van der Waals surface area contributed by atoms with Gasteiger partial charge in [-0.2, -0.15) is 13.2 Å². The van der Waals surface area contributed by atoms with E-state index in [1.165, 1.54) is 12.1 Å². The third kappa shape index (κ3) is 5.26. The number of carbonyl (C=O) groups is 1. The van der Waals surface area contributed by atoms with Gasteiger partial charge >= 0.3 is 6.18 Å². The number of carbonyl (C=O) groups excluding carboxylic acids is 1. The highest BCUT2D eigenvalue weighted by Crippen LogP contribution is 2.32. The lowest BCUT2D eigenvalue weighted by molar-refractivity contribution is -0.137. The number of benzene rings is 2. The predicted molar refractivity (Wildman–Crippen MR) is 104 cm³/mol. The minimum atomic E-state index is -4.35. The van der Waals surface area contributed by atoms with Crippen LogP contribution < -0.4 is 5.32 Å². The number of hydrogen-bond donors (Lipinski definition) is 1. The molecule has 7 heteroatoms. The molecule has 1 fully saturated rings. The summed E-state index contributed by atoms with van der Waals surface area (Å²) in [6.45, 7) is 4.41. The van der Waals surface area contributed by atoms with Crippen LogP contribution in [0.1, 0.15) is 35.1 Å². The Labute approximate surface area is 167 Å². The first kappa shape index (κ1) is 20.7. The lowest BCUT2D eigenvalue weighted by Gasteiger charge is -2.22. The lowest BCUT2D eigenvalue weighted by atomic mass is 10.1. The van der Waals surface area contributed by atoms with E-state index in [0.717, 1.165) is 41.7 Å². The number of halogens is 4. The number of amides is 1. The van der Waals surface area contributed by atoms with Crippen LogP contribution in [-0.2, 0) is 17.5 Å². The zero-order chi connectivity index (χ0) is 20.5. The van der Waals surface area contributed by atoms with Crippen LogP contribution in [-0.4, -0.2) is 23.4 Å². The smallest absolute Gasteiger partial charge is 0.323 e. The van der Waals surface area contributed by atoms with E-state index in [9.17, 15) is 18.0 Å². The Morgan fingerprint density at radius 3 is 2.36 bits per heavy atom. The molecule has 1 aliphatic carbocycles. The van der Waals surface area contributed by atoms with Crippen LogP contribution in [0.15, 0.2) is 36.4 Å². The number of anilines is 1.